The van der Waals surface area contributed by atoms with E-state index in [9.17, 15) is 25.2 Å². The minimum absolute atomic E-state index is 0.0803. The van der Waals surface area contributed by atoms with E-state index in [2.05, 4.69) is 6.92 Å². The molecule has 0 aliphatic heterocycles. The van der Waals surface area contributed by atoms with Crippen LogP contribution in [0.3, 0.4) is 0 Å². The highest BCUT2D eigenvalue weighted by Crippen LogP contribution is 2.34. The predicted molar refractivity (Wildman–Crippen MR) is 98.9 cm³/mol. The summed E-state index contributed by atoms with van der Waals surface area (Å²) in [5.41, 5.74) is 2.53. The molecule has 0 heterocycles. The highest BCUT2D eigenvalue weighted by Gasteiger charge is 2.25. The van der Waals surface area contributed by atoms with E-state index in [-0.39, 0.29) is 34.7 Å². The zero-order valence-corrected chi connectivity index (χ0v) is 14.3. The number of aromatic hydroxyl groups is 4. The van der Waals surface area contributed by atoms with Crippen molar-refractivity contribution >= 4 is 17.9 Å². The highest BCUT2D eigenvalue weighted by molar-refractivity contribution is 6.14. The monoisotopic (exact) mass is 352 g/mol. The molecule has 1 unspecified atom stereocenters. The smallest absolute Gasteiger partial charge is 0.185 e. The molecule has 3 rings (SSSR count). The van der Waals surface area contributed by atoms with Crippen LogP contribution in [0.25, 0.3) is 12.2 Å². The van der Waals surface area contributed by atoms with Gasteiger partial charge in [0.25, 0.3) is 0 Å². The van der Waals surface area contributed by atoms with Crippen LogP contribution in [0.2, 0.25) is 0 Å². The van der Waals surface area contributed by atoms with Gasteiger partial charge < -0.3 is 20.4 Å². The van der Waals surface area contributed by atoms with E-state index in [0.29, 0.717) is 35.1 Å². The standard InChI is InChI=1S/C21H20O5/c1-12-6-15(8-13-2-4-17(22)19(24)10-13)21(26)16(7-12)9-14-3-5-18(23)20(25)11-14/h2-5,8-12,22-25H,6-7H2,1H3/b15-8-,16-9+. The molecule has 0 bridgehead atoms. The maximum atomic E-state index is 12.8. The predicted octanol–water partition coefficient (Wildman–Crippen LogP) is 3.98. The quantitative estimate of drug-likeness (QED) is 0.484. The molecule has 1 fully saturated rings. The lowest BCUT2D eigenvalue weighted by Gasteiger charge is -2.22. The molecule has 4 N–H and O–H groups in total. The van der Waals surface area contributed by atoms with E-state index in [1.54, 1.807) is 24.3 Å². The van der Waals surface area contributed by atoms with Crippen molar-refractivity contribution < 1.29 is 25.2 Å². The number of phenolic OH excluding ortho intramolecular Hbond substituents is 4. The molecule has 5 nitrogen and oxygen atoms in total. The molecule has 1 saturated carbocycles. The van der Waals surface area contributed by atoms with E-state index >= 15 is 0 Å². The zero-order chi connectivity index (χ0) is 18.8. The van der Waals surface area contributed by atoms with Crippen molar-refractivity contribution in [2.75, 3.05) is 0 Å². The summed E-state index contributed by atoms with van der Waals surface area (Å²) in [6.45, 7) is 2.05. The Kier molecular flexibility index (Phi) is 4.71. The lowest BCUT2D eigenvalue weighted by atomic mass is 9.81. The number of carbonyl (C=O) groups excluding carboxylic acids is 1. The number of phenols is 4. The van der Waals surface area contributed by atoms with E-state index in [4.69, 9.17) is 0 Å². The van der Waals surface area contributed by atoms with Gasteiger partial charge in [-0.15, -0.1) is 0 Å². The first kappa shape index (κ1) is 17.6. The Labute approximate surface area is 151 Å². The average Bonchev–Trinajstić information content (AvgIpc) is 2.58. The molecule has 5 heteroatoms. The summed E-state index contributed by atoms with van der Waals surface area (Å²) < 4.78 is 0. The number of carbonyl (C=O) groups is 1. The zero-order valence-electron chi connectivity index (χ0n) is 14.3. The number of ketones is 1. The molecular weight excluding hydrogens is 332 g/mol. The second kappa shape index (κ2) is 6.96. The number of hydrogen-bond donors (Lipinski definition) is 4. The van der Waals surface area contributed by atoms with Crippen molar-refractivity contribution in [2.24, 2.45) is 5.92 Å². The Bertz CT molecular complexity index is 850. The first-order chi connectivity index (χ1) is 12.3. The number of benzene rings is 2. The number of allylic oxidation sites excluding steroid dienone is 2. The van der Waals surface area contributed by atoms with Gasteiger partial charge in [0.2, 0.25) is 0 Å². The molecule has 26 heavy (non-hydrogen) atoms. The number of Topliss-reactive ketones (excluding diaryl/α,β-unsaturated/α-hetero) is 1. The maximum Gasteiger partial charge on any atom is 0.185 e. The van der Waals surface area contributed by atoms with E-state index in [1.807, 2.05) is 0 Å². The van der Waals surface area contributed by atoms with Gasteiger partial charge in [-0.05, 0) is 66.3 Å². The van der Waals surface area contributed by atoms with Crippen LogP contribution in [0.4, 0.5) is 0 Å². The molecule has 0 amide bonds. The van der Waals surface area contributed by atoms with Crippen LogP contribution in [0.1, 0.15) is 30.9 Å². The van der Waals surface area contributed by atoms with Gasteiger partial charge in [-0.3, -0.25) is 4.79 Å². The maximum absolute atomic E-state index is 12.8. The molecule has 1 atom stereocenters. The van der Waals surface area contributed by atoms with Gasteiger partial charge in [-0.25, -0.2) is 0 Å². The minimum Gasteiger partial charge on any atom is -0.504 e. The summed E-state index contributed by atoms with van der Waals surface area (Å²) in [6, 6.07) is 8.86. The van der Waals surface area contributed by atoms with Crippen LogP contribution >= 0.6 is 0 Å². The fourth-order valence-corrected chi connectivity index (χ4v) is 3.13. The van der Waals surface area contributed by atoms with Crippen LogP contribution in [0.15, 0.2) is 47.5 Å². The van der Waals surface area contributed by atoms with Crippen molar-refractivity contribution in [2.45, 2.75) is 19.8 Å². The van der Waals surface area contributed by atoms with Crippen molar-refractivity contribution in [3.8, 4) is 23.0 Å². The molecule has 0 saturated heterocycles. The average molecular weight is 352 g/mol. The van der Waals surface area contributed by atoms with Gasteiger partial charge in [-0.2, -0.15) is 0 Å². The fraction of sp³-hybridized carbons (Fsp3) is 0.190. The van der Waals surface area contributed by atoms with Crippen molar-refractivity contribution in [1.82, 2.24) is 0 Å². The minimum atomic E-state index is -0.231. The Morgan fingerprint density at radius 3 is 1.58 bits per heavy atom. The van der Waals surface area contributed by atoms with E-state index in [0.717, 1.165) is 0 Å². The largest absolute Gasteiger partial charge is 0.504 e. The van der Waals surface area contributed by atoms with Crippen molar-refractivity contribution in [3.63, 3.8) is 0 Å². The van der Waals surface area contributed by atoms with Crippen molar-refractivity contribution in [3.05, 3.63) is 58.7 Å². The molecule has 1 aliphatic carbocycles. The lowest BCUT2D eigenvalue weighted by molar-refractivity contribution is -0.113. The summed E-state index contributed by atoms with van der Waals surface area (Å²) in [6.07, 6.45) is 4.69. The van der Waals surface area contributed by atoms with Crippen LogP contribution < -0.4 is 0 Å². The SMILES string of the molecule is CC1C/C(=C/c2ccc(O)c(O)c2)C(=O)/C(=C/c2ccc(O)c(O)c2)C1. The van der Waals surface area contributed by atoms with Crippen LogP contribution in [-0.4, -0.2) is 26.2 Å². The summed E-state index contributed by atoms with van der Waals surface area (Å²) in [4.78, 5) is 12.8. The second-order valence-corrected chi connectivity index (χ2v) is 6.68. The first-order valence-corrected chi connectivity index (χ1v) is 8.33. The van der Waals surface area contributed by atoms with Crippen molar-refractivity contribution in [1.29, 1.82) is 0 Å². The third kappa shape index (κ3) is 3.72. The molecule has 2 aromatic carbocycles. The summed E-state index contributed by atoms with van der Waals surface area (Å²) in [5, 5.41) is 38.1. The molecular formula is C21H20O5. The molecule has 0 aromatic heterocycles. The van der Waals surface area contributed by atoms with Gasteiger partial charge >= 0.3 is 0 Å². The van der Waals surface area contributed by atoms with Gasteiger partial charge in [0.15, 0.2) is 28.8 Å². The second-order valence-electron chi connectivity index (χ2n) is 6.68. The normalized spacial score (nSPS) is 20.7. The number of hydrogen-bond acceptors (Lipinski definition) is 5. The number of rotatable bonds is 2. The Balaban J connectivity index is 1.94. The summed E-state index contributed by atoms with van der Waals surface area (Å²) in [7, 11) is 0. The molecule has 2 aromatic rings. The molecule has 0 radical (unpaired) electrons. The van der Waals surface area contributed by atoms with Gasteiger partial charge in [0, 0.05) is 11.1 Å². The van der Waals surface area contributed by atoms with Crippen LogP contribution in [-0.2, 0) is 4.79 Å². The Hall–Kier alpha value is -3.21. The highest BCUT2D eigenvalue weighted by atomic mass is 16.3. The Morgan fingerprint density at radius 2 is 1.19 bits per heavy atom. The van der Waals surface area contributed by atoms with Crippen LogP contribution in [0.5, 0.6) is 23.0 Å². The third-order valence-electron chi connectivity index (χ3n) is 4.40. The van der Waals surface area contributed by atoms with E-state index in [1.165, 1.54) is 24.3 Å². The lowest BCUT2D eigenvalue weighted by Crippen LogP contribution is -2.18. The molecule has 134 valence electrons. The summed E-state index contributed by atoms with van der Waals surface area (Å²) in [5.74, 6) is -0.687. The Morgan fingerprint density at radius 1 is 0.769 bits per heavy atom. The van der Waals surface area contributed by atoms with E-state index < -0.39 is 0 Å². The third-order valence-corrected chi connectivity index (χ3v) is 4.40. The topological polar surface area (TPSA) is 98.0 Å². The summed E-state index contributed by atoms with van der Waals surface area (Å²) >= 11 is 0. The van der Waals surface area contributed by atoms with Gasteiger partial charge in [0.1, 0.15) is 0 Å². The van der Waals surface area contributed by atoms with Crippen LogP contribution in [0, 0.1) is 5.92 Å². The van der Waals surface area contributed by atoms with Gasteiger partial charge in [0.05, 0.1) is 0 Å². The fourth-order valence-electron chi connectivity index (χ4n) is 3.13. The molecule has 1 aliphatic rings. The first-order valence-electron chi connectivity index (χ1n) is 8.33. The van der Waals surface area contributed by atoms with Gasteiger partial charge in [-0.1, -0.05) is 19.1 Å². The molecule has 0 spiro atoms.